The molecule has 0 saturated carbocycles. The third-order valence-corrected chi connectivity index (χ3v) is 3.86. The van der Waals surface area contributed by atoms with Crippen molar-refractivity contribution in [2.24, 2.45) is 0 Å². The molecule has 3 aromatic rings. The first-order chi connectivity index (χ1) is 11.5. The summed E-state index contributed by atoms with van der Waals surface area (Å²) >= 11 is 5.81. The predicted octanol–water partition coefficient (Wildman–Crippen LogP) is 4.23. The summed E-state index contributed by atoms with van der Waals surface area (Å²) in [6.07, 6.45) is 1.42. The number of hydrogen-bond donors (Lipinski definition) is 2. The molecule has 1 heterocycles. The van der Waals surface area contributed by atoms with Gasteiger partial charge in [-0.1, -0.05) is 11.6 Å². The largest absolute Gasteiger partial charge is 0.495 e. The van der Waals surface area contributed by atoms with Crippen LogP contribution in [0, 0.1) is 17.1 Å². The summed E-state index contributed by atoms with van der Waals surface area (Å²) < 4.78 is 18.5. The van der Waals surface area contributed by atoms with E-state index in [1.807, 2.05) is 0 Å². The number of ether oxygens (including phenoxy) is 1. The Morgan fingerprint density at radius 1 is 1.33 bits per heavy atom. The second kappa shape index (κ2) is 6.22. The molecule has 0 radical (unpaired) electrons. The summed E-state index contributed by atoms with van der Waals surface area (Å²) in [7, 11) is 1.51. The van der Waals surface area contributed by atoms with E-state index in [-0.39, 0.29) is 5.02 Å². The quantitative estimate of drug-likeness (QED) is 0.696. The van der Waals surface area contributed by atoms with E-state index >= 15 is 0 Å². The zero-order chi connectivity index (χ0) is 17.3. The second-order valence-corrected chi connectivity index (χ2v) is 5.40. The van der Waals surface area contributed by atoms with Crippen LogP contribution in [-0.4, -0.2) is 12.1 Å². The van der Waals surface area contributed by atoms with Gasteiger partial charge in [-0.05, 0) is 30.3 Å². The molecule has 0 atom stereocenters. The van der Waals surface area contributed by atoms with E-state index in [2.05, 4.69) is 16.4 Å². The van der Waals surface area contributed by atoms with Crippen molar-refractivity contribution in [3.8, 4) is 11.8 Å². The molecule has 120 valence electrons. The Morgan fingerprint density at radius 2 is 2.12 bits per heavy atom. The summed E-state index contributed by atoms with van der Waals surface area (Å²) in [5, 5.41) is 13.1. The minimum Gasteiger partial charge on any atom is -0.495 e. The lowest BCUT2D eigenvalue weighted by molar-refractivity contribution is 0.417. The predicted molar refractivity (Wildman–Crippen MR) is 92.1 cm³/mol. The number of nitrogens with one attached hydrogen (secondary N) is 1. The van der Waals surface area contributed by atoms with Gasteiger partial charge in [0.2, 0.25) is 0 Å². The maximum absolute atomic E-state index is 13.3. The number of benzene rings is 2. The number of methoxy groups -OCH3 is 1. The van der Waals surface area contributed by atoms with Crippen LogP contribution in [0.25, 0.3) is 10.9 Å². The van der Waals surface area contributed by atoms with Crippen LogP contribution in [0.3, 0.4) is 0 Å². The molecule has 0 bridgehead atoms. The highest BCUT2D eigenvalue weighted by molar-refractivity contribution is 6.31. The molecule has 0 aliphatic carbocycles. The first-order valence-corrected chi connectivity index (χ1v) is 7.30. The number of nitrogen functional groups attached to an aromatic ring is 1. The van der Waals surface area contributed by atoms with Gasteiger partial charge in [0.05, 0.1) is 28.9 Å². The van der Waals surface area contributed by atoms with Gasteiger partial charge in [-0.2, -0.15) is 5.26 Å². The zero-order valence-corrected chi connectivity index (χ0v) is 13.4. The van der Waals surface area contributed by atoms with Crippen LogP contribution < -0.4 is 15.8 Å². The molecular weight excluding hydrogens is 331 g/mol. The van der Waals surface area contributed by atoms with Crippen molar-refractivity contribution in [3.05, 3.63) is 52.9 Å². The van der Waals surface area contributed by atoms with Crippen molar-refractivity contribution in [1.82, 2.24) is 4.98 Å². The molecule has 0 saturated heterocycles. The molecule has 3 rings (SSSR count). The minimum atomic E-state index is -0.517. The highest BCUT2D eigenvalue weighted by atomic mass is 35.5. The summed E-state index contributed by atoms with van der Waals surface area (Å²) in [5.74, 6) is -0.0215. The molecule has 24 heavy (non-hydrogen) atoms. The van der Waals surface area contributed by atoms with Crippen LogP contribution >= 0.6 is 11.6 Å². The van der Waals surface area contributed by atoms with Crippen LogP contribution in [-0.2, 0) is 0 Å². The molecule has 0 aliphatic heterocycles. The van der Waals surface area contributed by atoms with Gasteiger partial charge in [-0.25, -0.2) is 4.39 Å². The number of pyridine rings is 1. The number of halogens is 2. The molecule has 0 unspecified atom stereocenters. The van der Waals surface area contributed by atoms with E-state index in [9.17, 15) is 9.65 Å². The molecule has 3 N–H and O–H groups in total. The maximum atomic E-state index is 13.3. The molecule has 2 aromatic carbocycles. The van der Waals surface area contributed by atoms with E-state index in [0.29, 0.717) is 39.3 Å². The lowest BCUT2D eigenvalue weighted by Crippen LogP contribution is -2.00. The summed E-state index contributed by atoms with van der Waals surface area (Å²) in [6, 6.07) is 9.75. The van der Waals surface area contributed by atoms with Gasteiger partial charge in [0.15, 0.2) is 0 Å². The van der Waals surface area contributed by atoms with Crippen molar-refractivity contribution in [2.45, 2.75) is 0 Å². The Labute approximate surface area is 142 Å². The van der Waals surface area contributed by atoms with E-state index in [1.54, 1.807) is 12.1 Å². The highest BCUT2D eigenvalue weighted by Gasteiger charge is 2.14. The first-order valence-electron chi connectivity index (χ1n) is 6.92. The van der Waals surface area contributed by atoms with Crippen LogP contribution in [0.4, 0.5) is 21.5 Å². The minimum absolute atomic E-state index is 0.0157. The normalized spacial score (nSPS) is 10.4. The standard InChI is InChI=1S/C17H12ClFN4O/c1-24-14-5-3-11-16(9(7-20)8-22-17(11)15(14)21)23-10-2-4-13(19)12(18)6-10/h2-6,8H,21H2,1H3,(H,22,23). The van der Waals surface area contributed by atoms with Crippen molar-refractivity contribution in [2.75, 3.05) is 18.2 Å². The van der Waals surface area contributed by atoms with Gasteiger partial charge < -0.3 is 15.8 Å². The lowest BCUT2D eigenvalue weighted by atomic mass is 10.1. The average Bonchev–Trinajstić information content (AvgIpc) is 2.59. The number of nitriles is 1. The lowest BCUT2D eigenvalue weighted by Gasteiger charge is -2.14. The number of anilines is 3. The fourth-order valence-corrected chi connectivity index (χ4v) is 2.57. The third kappa shape index (κ3) is 2.66. The number of rotatable bonds is 3. The molecule has 1 aromatic heterocycles. The van der Waals surface area contributed by atoms with Crippen LogP contribution in [0.15, 0.2) is 36.5 Å². The zero-order valence-electron chi connectivity index (χ0n) is 12.6. The Balaban J connectivity index is 2.19. The average molecular weight is 343 g/mol. The fraction of sp³-hybridized carbons (Fsp3) is 0.0588. The van der Waals surface area contributed by atoms with Crippen molar-refractivity contribution in [1.29, 1.82) is 5.26 Å². The monoisotopic (exact) mass is 342 g/mol. The van der Waals surface area contributed by atoms with Crippen molar-refractivity contribution >= 4 is 39.6 Å². The van der Waals surface area contributed by atoms with E-state index in [0.717, 1.165) is 0 Å². The number of aromatic nitrogens is 1. The number of nitrogens with two attached hydrogens (primary N) is 1. The molecule has 0 aliphatic rings. The van der Waals surface area contributed by atoms with Crippen molar-refractivity contribution in [3.63, 3.8) is 0 Å². The maximum Gasteiger partial charge on any atom is 0.144 e. The van der Waals surface area contributed by atoms with E-state index < -0.39 is 5.82 Å². The van der Waals surface area contributed by atoms with E-state index in [4.69, 9.17) is 22.1 Å². The number of nitrogens with zero attached hydrogens (tertiary/aromatic N) is 2. The molecule has 7 heteroatoms. The van der Waals surface area contributed by atoms with Crippen LogP contribution in [0.5, 0.6) is 5.75 Å². The van der Waals surface area contributed by atoms with Gasteiger partial charge >= 0.3 is 0 Å². The Hall–Kier alpha value is -3.04. The topological polar surface area (TPSA) is 84.0 Å². The Morgan fingerprint density at radius 3 is 2.79 bits per heavy atom. The van der Waals surface area contributed by atoms with Crippen LogP contribution in [0.2, 0.25) is 5.02 Å². The Bertz CT molecular complexity index is 984. The molecule has 0 amide bonds. The van der Waals surface area contributed by atoms with Crippen LogP contribution in [0.1, 0.15) is 5.56 Å². The third-order valence-electron chi connectivity index (χ3n) is 3.57. The van der Waals surface area contributed by atoms with E-state index in [1.165, 1.54) is 31.5 Å². The first kappa shape index (κ1) is 15.8. The SMILES string of the molecule is COc1ccc2c(Nc3ccc(F)c(Cl)c3)c(C#N)cnc2c1N. The molecule has 0 spiro atoms. The van der Waals surface area contributed by atoms with Crippen molar-refractivity contribution < 1.29 is 9.13 Å². The Kier molecular flexibility index (Phi) is 4.11. The summed E-state index contributed by atoms with van der Waals surface area (Å²) in [6.45, 7) is 0. The van der Waals surface area contributed by atoms with Gasteiger partial charge in [-0.3, -0.25) is 4.98 Å². The fourth-order valence-electron chi connectivity index (χ4n) is 2.38. The van der Waals surface area contributed by atoms with Gasteiger partial charge in [0, 0.05) is 17.3 Å². The molecule has 0 fully saturated rings. The van der Waals surface area contributed by atoms with Gasteiger partial charge in [0.25, 0.3) is 0 Å². The summed E-state index contributed by atoms with van der Waals surface area (Å²) in [5.41, 5.74) is 8.32. The van der Waals surface area contributed by atoms with Gasteiger partial charge in [-0.15, -0.1) is 0 Å². The number of hydrogen-bond acceptors (Lipinski definition) is 5. The molecular formula is C17H12ClFN4O. The smallest absolute Gasteiger partial charge is 0.144 e. The summed E-state index contributed by atoms with van der Waals surface area (Å²) in [4.78, 5) is 4.24. The highest BCUT2D eigenvalue weighted by Crippen LogP contribution is 2.36. The number of fused-ring (bicyclic) bond motifs is 1. The molecule has 5 nitrogen and oxygen atoms in total. The second-order valence-electron chi connectivity index (χ2n) is 4.99. The van der Waals surface area contributed by atoms with Gasteiger partial charge in [0.1, 0.15) is 23.3 Å².